The van der Waals surface area contributed by atoms with E-state index in [4.69, 9.17) is 13.9 Å². The zero-order valence-electron chi connectivity index (χ0n) is 15.6. The van der Waals surface area contributed by atoms with Gasteiger partial charge in [0.1, 0.15) is 11.3 Å². The minimum Gasteiger partial charge on any atom is -0.465 e. The normalized spacial score (nSPS) is 15.4. The molecule has 1 aromatic carbocycles. The topological polar surface area (TPSA) is 51.9 Å². The average Bonchev–Trinajstić information content (AvgIpc) is 3.10. The van der Waals surface area contributed by atoms with Crippen molar-refractivity contribution in [3.8, 4) is 0 Å². The van der Waals surface area contributed by atoms with Gasteiger partial charge in [0.25, 0.3) is 0 Å². The predicted molar refractivity (Wildman–Crippen MR) is 106 cm³/mol. The number of hydrogen-bond donors (Lipinski definition) is 0. The van der Waals surface area contributed by atoms with Gasteiger partial charge in [-0.1, -0.05) is 22.9 Å². The Labute approximate surface area is 162 Å². The molecule has 0 saturated carbocycles. The summed E-state index contributed by atoms with van der Waals surface area (Å²) in [6.45, 7) is 6.67. The summed E-state index contributed by atoms with van der Waals surface area (Å²) in [5, 5.41) is 1.44. The molecule has 0 spiro atoms. The lowest BCUT2D eigenvalue weighted by Crippen LogP contribution is -2.40. The fourth-order valence-electron chi connectivity index (χ4n) is 3.90. The number of carbonyl (C=O) groups excluding carboxylic acids is 1. The largest absolute Gasteiger partial charge is 0.465 e. The van der Waals surface area contributed by atoms with Crippen LogP contribution in [0.15, 0.2) is 16.5 Å². The molecule has 2 aromatic rings. The van der Waals surface area contributed by atoms with E-state index in [1.165, 1.54) is 7.11 Å². The summed E-state index contributed by atoms with van der Waals surface area (Å²) in [6, 6.07) is 4.43. The number of nitrogens with zero attached hydrogens (tertiary/aromatic N) is 1. The number of fused-ring (bicyclic) bond motifs is 1. The van der Waals surface area contributed by atoms with E-state index in [9.17, 15) is 4.79 Å². The second-order valence-electron chi connectivity index (χ2n) is 6.48. The maximum atomic E-state index is 12.6. The minimum atomic E-state index is -0.307. The molecular weight excluding hydrogens is 398 g/mol. The lowest BCUT2D eigenvalue weighted by molar-refractivity contribution is 0.0601. The molecule has 0 aliphatic carbocycles. The van der Waals surface area contributed by atoms with Crippen LogP contribution >= 0.6 is 15.9 Å². The molecule has 26 heavy (non-hydrogen) atoms. The first-order valence-electron chi connectivity index (χ1n) is 9.21. The van der Waals surface area contributed by atoms with Gasteiger partial charge in [-0.05, 0) is 37.8 Å². The number of benzene rings is 1. The van der Waals surface area contributed by atoms with Crippen LogP contribution in [-0.2, 0) is 21.2 Å². The van der Waals surface area contributed by atoms with E-state index in [1.54, 1.807) is 0 Å². The first-order chi connectivity index (χ1) is 12.6. The maximum Gasteiger partial charge on any atom is 0.338 e. The molecule has 3 rings (SSSR count). The van der Waals surface area contributed by atoms with Crippen LogP contribution in [0.1, 0.15) is 48.4 Å². The van der Waals surface area contributed by atoms with Gasteiger partial charge in [-0.15, -0.1) is 0 Å². The number of ether oxygens (including phenoxy) is 2. The molecule has 0 bridgehead atoms. The summed E-state index contributed by atoms with van der Waals surface area (Å²) in [4.78, 5) is 15.0. The van der Waals surface area contributed by atoms with E-state index in [2.05, 4.69) is 40.7 Å². The summed E-state index contributed by atoms with van der Waals surface area (Å²) in [5.41, 5.74) is 3.46. The summed E-state index contributed by atoms with van der Waals surface area (Å²) >= 11 is 3.44. The van der Waals surface area contributed by atoms with Crippen LogP contribution in [0, 0.1) is 0 Å². The highest BCUT2D eigenvalue weighted by molar-refractivity contribution is 9.08. The highest BCUT2D eigenvalue weighted by Crippen LogP contribution is 2.37. The summed E-state index contributed by atoms with van der Waals surface area (Å²) < 4.78 is 16.6. The number of anilines is 1. The smallest absolute Gasteiger partial charge is 0.338 e. The molecular formula is C20H26BrNO4. The summed E-state index contributed by atoms with van der Waals surface area (Å²) in [6.07, 6.45) is 2.74. The lowest BCUT2D eigenvalue weighted by atomic mass is 9.96. The van der Waals surface area contributed by atoms with E-state index >= 15 is 0 Å². The lowest BCUT2D eigenvalue weighted by Gasteiger charge is -2.36. The number of rotatable bonds is 6. The summed E-state index contributed by atoms with van der Waals surface area (Å²) in [7, 11) is 1.43. The van der Waals surface area contributed by atoms with Gasteiger partial charge in [0.05, 0.1) is 18.0 Å². The Hall–Kier alpha value is -1.53. The fourth-order valence-corrected chi connectivity index (χ4v) is 4.18. The monoisotopic (exact) mass is 423 g/mol. The molecule has 0 radical (unpaired) electrons. The number of methoxy groups -OCH3 is 1. The maximum absolute atomic E-state index is 12.6. The van der Waals surface area contributed by atoms with E-state index < -0.39 is 0 Å². The molecule has 142 valence electrons. The van der Waals surface area contributed by atoms with Gasteiger partial charge in [-0.2, -0.15) is 0 Å². The average molecular weight is 424 g/mol. The molecule has 1 aliphatic rings. The number of furan rings is 1. The van der Waals surface area contributed by atoms with Crippen molar-refractivity contribution in [1.82, 2.24) is 0 Å². The number of esters is 1. The van der Waals surface area contributed by atoms with Gasteiger partial charge in [-0.25, -0.2) is 4.79 Å². The van der Waals surface area contributed by atoms with E-state index in [-0.39, 0.29) is 5.97 Å². The molecule has 0 N–H and O–H groups in total. The van der Waals surface area contributed by atoms with E-state index in [1.807, 2.05) is 6.07 Å². The third-order valence-electron chi connectivity index (χ3n) is 5.12. The first-order valence-corrected chi connectivity index (χ1v) is 10.3. The van der Waals surface area contributed by atoms with Crippen LogP contribution in [0.4, 0.5) is 5.69 Å². The van der Waals surface area contributed by atoms with Crippen LogP contribution in [0.2, 0.25) is 0 Å². The van der Waals surface area contributed by atoms with Gasteiger partial charge in [-0.3, -0.25) is 0 Å². The van der Waals surface area contributed by atoms with Crippen molar-refractivity contribution in [3.63, 3.8) is 0 Å². The van der Waals surface area contributed by atoms with Crippen molar-refractivity contribution in [2.24, 2.45) is 0 Å². The third-order valence-corrected chi connectivity index (χ3v) is 5.67. The zero-order chi connectivity index (χ0) is 18.7. The zero-order valence-corrected chi connectivity index (χ0v) is 17.2. The fraction of sp³-hybridized carbons (Fsp3) is 0.550. The molecule has 1 saturated heterocycles. The standard InChI is InChI=1S/C20H26BrNO4/c1-4-15-17(22(5-2)13-6-8-25-9-7-13)11-18-16(10-14(12-21)26-18)19(15)20(23)24-3/h10-11,13H,4-9,12H2,1-3H3. The highest BCUT2D eigenvalue weighted by Gasteiger charge is 2.27. The first kappa shape index (κ1) is 19.2. The van der Waals surface area contributed by atoms with Gasteiger partial charge in [0.15, 0.2) is 0 Å². The van der Waals surface area contributed by atoms with Gasteiger partial charge < -0.3 is 18.8 Å². The van der Waals surface area contributed by atoms with Crippen LogP contribution in [0.5, 0.6) is 0 Å². The molecule has 0 unspecified atom stereocenters. The summed E-state index contributed by atoms with van der Waals surface area (Å²) in [5.74, 6) is 0.497. The number of carbonyl (C=O) groups is 1. The van der Waals surface area contributed by atoms with E-state index in [0.29, 0.717) is 16.9 Å². The van der Waals surface area contributed by atoms with Gasteiger partial charge >= 0.3 is 5.97 Å². The molecule has 5 nitrogen and oxygen atoms in total. The SMILES string of the molecule is CCc1c(N(CC)C2CCOCC2)cc2oc(CBr)cc2c1C(=O)OC. The molecule has 1 aromatic heterocycles. The van der Waals surface area contributed by atoms with Crippen LogP contribution in [-0.4, -0.2) is 38.9 Å². The Balaban J connectivity index is 2.21. The van der Waals surface area contributed by atoms with Crippen molar-refractivity contribution < 1.29 is 18.7 Å². The Morgan fingerprint density at radius 3 is 2.62 bits per heavy atom. The predicted octanol–water partition coefficient (Wildman–Crippen LogP) is 4.68. The molecule has 0 atom stereocenters. The molecule has 1 aliphatic heterocycles. The second kappa shape index (κ2) is 8.44. The number of halogens is 1. The highest BCUT2D eigenvalue weighted by atomic mass is 79.9. The molecule has 2 heterocycles. The molecule has 0 amide bonds. The third kappa shape index (κ3) is 3.49. The Morgan fingerprint density at radius 2 is 2.04 bits per heavy atom. The van der Waals surface area contributed by atoms with Crippen molar-refractivity contribution in [1.29, 1.82) is 0 Å². The van der Waals surface area contributed by atoms with Gasteiger partial charge in [0, 0.05) is 42.9 Å². The number of hydrogen-bond acceptors (Lipinski definition) is 5. The van der Waals surface area contributed by atoms with Crippen molar-refractivity contribution in [3.05, 3.63) is 29.0 Å². The minimum absolute atomic E-state index is 0.307. The second-order valence-corrected chi connectivity index (χ2v) is 7.04. The van der Waals surface area contributed by atoms with Crippen molar-refractivity contribution >= 4 is 38.6 Å². The Morgan fingerprint density at radius 1 is 1.31 bits per heavy atom. The van der Waals surface area contributed by atoms with Crippen LogP contribution in [0.25, 0.3) is 11.0 Å². The Kier molecular flexibility index (Phi) is 6.24. The molecule has 6 heteroatoms. The van der Waals surface area contributed by atoms with E-state index in [0.717, 1.165) is 67.0 Å². The quantitative estimate of drug-likeness (QED) is 0.498. The number of alkyl halides is 1. The van der Waals surface area contributed by atoms with Crippen molar-refractivity contribution in [2.45, 2.75) is 44.5 Å². The Bertz CT molecular complexity index is 780. The van der Waals surface area contributed by atoms with Gasteiger partial charge in [0.2, 0.25) is 0 Å². The van der Waals surface area contributed by atoms with Crippen LogP contribution in [0.3, 0.4) is 0 Å². The van der Waals surface area contributed by atoms with Crippen molar-refractivity contribution in [2.75, 3.05) is 31.8 Å². The van der Waals surface area contributed by atoms with Crippen LogP contribution < -0.4 is 4.90 Å². The molecule has 1 fully saturated rings.